The number of pyridine rings is 1. The highest BCUT2D eigenvalue weighted by Gasteiger charge is 2.35. The lowest BCUT2D eigenvalue weighted by atomic mass is 10.0. The number of hydrogen-bond acceptors (Lipinski definition) is 4. The first kappa shape index (κ1) is 16.2. The van der Waals surface area contributed by atoms with Gasteiger partial charge in [-0.3, -0.25) is 9.59 Å². The van der Waals surface area contributed by atoms with Crippen LogP contribution in [0.15, 0.2) is 17.1 Å². The Balaban J connectivity index is 2.97. The first-order valence-corrected chi connectivity index (χ1v) is 5.53. The number of aliphatic hydroxyl groups excluding tert-OH is 2. The highest BCUT2D eigenvalue weighted by atomic mass is 19.4. The van der Waals surface area contributed by atoms with Gasteiger partial charge in [0.25, 0.3) is 5.56 Å². The number of carbonyl (C=O) groups excluding carboxylic acids is 1. The molecule has 2 unspecified atom stereocenters. The van der Waals surface area contributed by atoms with Crippen LogP contribution in [0, 0.1) is 0 Å². The molecule has 112 valence electrons. The van der Waals surface area contributed by atoms with Gasteiger partial charge in [0.2, 0.25) is 5.91 Å². The Hall–Kier alpha value is -1.87. The molecule has 0 spiro atoms. The molecule has 0 aliphatic rings. The normalized spacial score (nSPS) is 14.7. The van der Waals surface area contributed by atoms with Crippen molar-refractivity contribution < 1.29 is 28.2 Å². The molecule has 1 heterocycles. The van der Waals surface area contributed by atoms with E-state index >= 15 is 0 Å². The van der Waals surface area contributed by atoms with E-state index in [9.17, 15) is 33.0 Å². The average Bonchev–Trinajstić information content (AvgIpc) is 2.34. The molecular weight excluding hydrogens is 281 g/mol. The number of amides is 1. The molecule has 1 aromatic rings. The van der Waals surface area contributed by atoms with E-state index in [1.807, 2.05) is 4.98 Å². The molecule has 20 heavy (non-hydrogen) atoms. The van der Waals surface area contributed by atoms with Crippen LogP contribution in [0.1, 0.15) is 24.2 Å². The third-order valence-electron chi connectivity index (χ3n) is 2.50. The van der Waals surface area contributed by atoms with Crippen molar-refractivity contribution in [2.75, 3.05) is 6.54 Å². The number of nitrogens with one attached hydrogen (secondary N) is 2. The zero-order valence-electron chi connectivity index (χ0n) is 10.4. The molecular formula is C11H13F3N2O4. The lowest BCUT2D eigenvalue weighted by molar-refractivity contribution is -0.138. The minimum Gasteiger partial charge on any atom is -0.388 e. The van der Waals surface area contributed by atoms with Gasteiger partial charge in [0.05, 0.1) is 0 Å². The summed E-state index contributed by atoms with van der Waals surface area (Å²) in [6.45, 7) is 0.845. The summed E-state index contributed by atoms with van der Waals surface area (Å²) >= 11 is 0. The quantitative estimate of drug-likeness (QED) is 0.624. The molecule has 0 aliphatic heterocycles. The van der Waals surface area contributed by atoms with Gasteiger partial charge in [-0.15, -0.1) is 0 Å². The number of carbonyl (C=O) groups is 1. The zero-order valence-corrected chi connectivity index (χ0v) is 10.4. The Bertz CT molecular complexity index is 541. The van der Waals surface area contributed by atoms with Crippen molar-refractivity contribution >= 4 is 5.91 Å². The second-order valence-corrected chi connectivity index (χ2v) is 4.12. The van der Waals surface area contributed by atoms with Gasteiger partial charge in [0.1, 0.15) is 17.8 Å². The van der Waals surface area contributed by atoms with Crippen LogP contribution in [0.3, 0.4) is 0 Å². The summed E-state index contributed by atoms with van der Waals surface area (Å²) in [5, 5.41) is 21.4. The van der Waals surface area contributed by atoms with Crippen LogP contribution >= 0.6 is 0 Å². The Kier molecular flexibility index (Phi) is 4.90. The van der Waals surface area contributed by atoms with Gasteiger partial charge in [-0.2, -0.15) is 13.2 Å². The standard InChI is InChI=1S/C11H13F3N2O4/c1-5(17)15-4-8(18)9(19)6-2-7(11(12,13)14)10(20)16-3-6/h2-3,8-9,18-19H,4H2,1H3,(H,15,17)(H,16,20). The fourth-order valence-corrected chi connectivity index (χ4v) is 1.46. The van der Waals surface area contributed by atoms with Gasteiger partial charge < -0.3 is 20.5 Å². The molecule has 0 aromatic carbocycles. The van der Waals surface area contributed by atoms with Gasteiger partial charge in [0, 0.05) is 25.2 Å². The predicted molar refractivity (Wildman–Crippen MR) is 61.7 cm³/mol. The summed E-state index contributed by atoms with van der Waals surface area (Å²) in [5.74, 6) is -0.464. The van der Waals surface area contributed by atoms with E-state index < -0.39 is 35.4 Å². The van der Waals surface area contributed by atoms with E-state index in [1.165, 1.54) is 6.92 Å². The van der Waals surface area contributed by atoms with Gasteiger partial charge in [-0.1, -0.05) is 0 Å². The summed E-state index contributed by atoms with van der Waals surface area (Å²) in [4.78, 5) is 23.5. The van der Waals surface area contributed by atoms with Crippen molar-refractivity contribution in [1.29, 1.82) is 0 Å². The number of aliphatic hydroxyl groups is 2. The number of hydrogen-bond donors (Lipinski definition) is 4. The van der Waals surface area contributed by atoms with Crippen molar-refractivity contribution in [2.24, 2.45) is 0 Å². The molecule has 9 heteroatoms. The topological polar surface area (TPSA) is 102 Å². The lowest BCUT2D eigenvalue weighted by Crippen LogP contribution is -2.34. The molecule has 6 nitrogen and oxygen atoms in total. The van der Waals surface area contributed by atoms with Gasteiger partial charge >= 0.3 is 6.18 Å². The van der Waals surface area contributed by atoms with Crippen LogP contribution in [-0.4, -0.2) is 33.8 Å². The molecule has 0 fully saturated rings. The Morgan fingerprint density at radius 2 is 2.05 bits per heavy atom. The minimum atomic E-state index is -4.87. The molecule has 2 atom stereocenters. The molecule has 1 rings (SSSR count). The molecule has 0 saturated heterocycles. The zero-order chi connectivity index (χ0) is 15.5. The first-order valence-electron chi connectivity index (χ1n) is 5.53. The van der Waals surface area contributed by atoms with Crippen molar-refractivity contribution in [1.82, 2.24) is 10.3 Å². The maximum atomic E-state index is 12.5. The molecule has 0 saturated carbocycles. The highest BCUT2D eigenvalue weighted by molar-refractivity contribution is 5.72. The van der Waals surface area contributed by atoms with Crippen molar-refractivity contribution in [3.63, 3.8) is 0 Å². The maximum Gasteiger partial charge on any atom is 0.421 e. The number of rotatable bonds is 4. The monoisotopic (exact) mass is 294 g/mol. The van der Waals surface area contributed by atoms with E-state index in [1.54, 1.807) is 0 Å². The third kappa shape index (κ3) is 4.07. The third-order valence-corrected chi connectivity index (χ3v) is 2.50. The van der Waals surface area contributed by atoms with E-state index in [-0.39, 0.29) is 12.1 Å². The molecule has 1 aromatic heterocycles. The van der Waals surface area contributed by atoms with Crippen LogP contribution in [-0.2, 0) is 11.0 Å². The summed E-state index contributed by atoms with van der Waals surface area (Å²) in [7, 11) is 0. The Labute approximate surface area is 111 Å². The van der Waals surface area contributed by atoms with Crippen LogP contribution < -0.4 is 10.9 Å². The lowest BCUT2D eigenvalue weighted by Gasteiger charge is -2.19. The second-order valence-electron chi connectivity index (χ2n) is 4.12. The Morgan fingerprint density at radius 3 is 2.55 bits per heavy atom. The number of halogens is 3. The summed E-state index contributed by atoms with van der Waals surface area (Å²) in [5.41, 5.74) is -3.12. The summed E-state index contributed by atoms with van der Waals surface area (Å²) in [6.07, 6.45) is -7.18. The molecule has 4 N–H and O–H groups in total. The fourth-order valence-electron chi connectivity index (χ4n) is 1.46. The summed E-state index contributed by atoms with van der Waals surface area (Å²) < 4.78 is 37.6. The summed E-state index contributed by atoms with van der Waals surface area (Å²) in [6, 6.07) is 0.459. The maximum absolute atomic E-state index is 12.5. The van der Waals surface area contributed by atoms with E-state index in [0.717, 1.165) is 6.20 Å². The number of H-pyrrole nitrogens is 1. The SMILES string of the molecule is CC(=O)NCC(O)C(O)c1c[nH]c(=O)c(C(F)(F)F)c1. The molecule has 0 bridgehead atoms. The largest absolute Gasteiger partial charge is 0.421 e. The van der Waals surface area contributed by atoms with Crippen LogP contribution in [0.2, 0.25) is 0 Å². The van der Waals surface area contributed by atoms with Gasteiger partial charge in [-0.05, 0) is 6.07 Å². The predicted octanol–water partition coefficient (Wildman–Crippen LogP) is -0.0759. The number of alkyl halides is 3. The number of aromatic amines is 1. The van der Waals surface area contributed by atoms with Crippen LogP contribution in [0.25, 0.3) is 0 Å². The van der Waals surface area contributed by atoms with Crippen molar-refractivity contribution in [2.45, 2.75) is 25.3 Å². The van der Waals surface area contributed by atoms with Gasteiger partial charge in [-0.25, -0.2) is 0 Å². The van der Waals surface area contributed by atoms with Crippen molar-refractivity contribution in [3.8, 4) is 0 Å². The fraction of sp³-hybridized carbons (Fsp3) is 0.455. The smallest absolute Gasteiger partial charge is 0.388 e. The van der Waals surface area contributed by atoms with E-state index in [4.69, 9.17) is 0 Å². The highest BCUT2D eigenvalue weighted by Crippen LogP contribution is 2.28. The van der Waals surface area contributed by atoms with E-state index in [2.05, 4.69) is 5.32 Å². The van der Waals surface area contributed by atoms with E-state index in [0.29, 0.717) is 6.07 Å². The average molecular weight is 294 g/mol. The molecule has 0 aliphatic carbocycles. The first-order chi connectivity index (χ1) is 9.12. The van der Waals surface area contributed by atoms with Crippen LogP contribution in [0.5, 0.6) is 0 Å². The molecule has 0 radical (unpaired) electrons. The van der Waals surface area contributed by atoms with Crippen LogP contribution in [0.4, 0.5) is 13.2 Å². The van der Waals surface area contributed by atoms with Crippen molar-refractivity contribution in [3.05, 3.63) is 33.7 Å². The second kappa shape index (κ2) is 6.06. The minimum absolute atomic E-state index is 0.310. The molecule has 1 amide bonds. The Morgan fingerprint density at radius 1 is 1.45 bits per heavy atom. The number of aromatic nitrogens is 1. The van der Waals surface area contributed by atoms with Gasteiger partial charge in [0.15, 0.2) is 0 Å².